The molecule has 0 aromatic rings. The van der Waals surface area contributed by atoms with Gasteiger partial charge in [-0.25, -0.2) is 0 Å². The molecule has 1 amide bonds. The summed E-state index contributed by atoms with van der Waals surface area (Å²) < 4.78 is 0. The van der Waals surface area contributed by atoms with Crippen molar-refractivity contribution in [3.63, 3.8) is 0 Å². The number of amides is 1. The summed E-state index contributed by atoms with van der Waals surface area (Å²) in [6.07, 6.45) is 8.25. The lowest BCUT2D eigenvalue weighted by atomic mass is 9.94. The number of rotatable bonds is 1. The van der Waals surface area contributed by atoms with Gasteiger partial charge in [-0.1, -0.05) is 18.2 Å². The van der Waals surface area contributed by atoms with E-state index in [1.54, 1.807) is 0 Å². The van der Waals surface area contributed by atoms with Crippen molar-refractivity contribution >= 4 is 17.7 Å². The molecule has 5 heteroatoms. The van der Waals surface area contributed by atoms with E-state index in [-0.39, 0.29) is 5.91 Å². The zero-order chi connectivity index (χ0) is 11.8. The van der Waals surface area contributed by atoms with E-state index in [2.05, 4.69) is 22.4 Å². The molecule has 2 aliphatic heterocycles. The highest BCUT2D eigenvalue weighted by Crippen LogP contribution is 2.36. The van der Waals surface area contributed by atoms with Gasteiger partial charge in [-0.05, 0) is 12.8 Å². The van der Waals surface area contributed by atoms with Crippen molar-refractivity contribution in [3.8, 4) is 0 Å². The average Bonchev–Trinajstić information content (AvgIpc) is 2.68. The first-order valence-corrected chi connectivity index (χ1v) is 6.97. The predicted molar refractivity (Wildman–Crippen MR) is 69.3 cm³/mol. The summed E-state index contributed by atoms with van der Waals surface area (Å²) in [5.41, 5.74) is 6.15. The van der Waals surface area contributed by atoms with Crippen LogP contribution in [0.15, 0.2) is 23.8 Å². The Hall–Kier alpha value is -0.780. The molecule has 0 bridgehead atoms. The van der Waals surface area contributed by atoms with Crippen molar-refractivity contribution in [1.29, 1.82) is 0 Å². The van der Waals surface area contributed by atoms with Gasteiger partial charge in [0.25, 0.3) is 0 Å². The van der Waals surface area contributed by atoms with Crippen molar-refractivity contribution in [2.45, 2.75) is 29.5 Å². The molecular weight excluding hydrogens is 234 g/mol. The van der Waals surface area contributed by atoms with Gasteiger partial charge in [-0.15, -0.1) is 11.8 Å². The van der Waals surface area contributed by atoms with E-state index in [4.69, 9.17) is 5.73 Å². The lowest BCUT2D eigenvalue weighted by Crippen LogP contribution is -2.43. The molecule has 1 aliphatic carbocycles. The average molecular weight is 251 g/mol. The van der Waals surface area contributed by atoms with E-state index < -0.39 is 0 Å². The van der Waals surface area contributed by atoms with Crippen LogP contribution in [0.2, 0.25) is 0 Å². The third-order valence-electron chi connectivity index (χ3n) is 3.67. The standard InChI is InChI=1S/C12H17N3OS/c13-12(16)8-3-4-10-9(6-8)14-7-15-5-1-2-11(15)17-10/h1-3,9-11,14H,4-7H2,(H2,13,16). The highest BCUT2D eigenvalue weighted by molar-refractivity contribution is 8.00. The first-order valence-electron chi connectivity index (χ1n) is 6.02. The highest BCUT2D eigenvalue weighted by Gasteiger charge is 2.35. The Bertz CT molecular complexity index is 393. The third kappa shape index (κ3) is 2.14. The molecule has 0 aromatic carbocycles. The molecule has 92 valence electrons. The number of nitrogens with one attached hydrogen (secondary N) is 1. The van der Waals surface area contributed by atoms with Crippen LogP contribution in [0.1, 0.15) is 12.8 Å². The molecule has 3 atom stereocenters. The summed E-state index contributed by atoms with van der Waals surface area (Å²) in [7, 11) is 0. The summed E-state index contributed by atoms with van der Waals surface area (Å²) in [6, 6.07) is 0.381. The third-order valence-corrected chi connectivity index (χ3v) is 5.28. The van der Waals surface area contributed by atoms with Crippen LogP contribution in [0.25, 0.3) is 0 Å². The molecule has 1 fully saturated rings. The molecule has 3 aliphatic rings. The van der Waals surface area contributed by atoms with E-state index in [1.807, 2.05) is 17.8 Å². The highest BCUT2D eigenvalue weighted by atomic mass is 32.2. The Morgan fingerprint density at radius 2 is 2.47 bits per heavy atom. The zero-order valence-electron chi connectivity index (χ0n) is 9.63. The Kier molecular flexibility index (Phi) is 2.98. The van der Waals surface area contributed by atoms with Gasteiger partial charge in [0.1, 0.15) is 0 Å². The monoisotopic (exact) mass is 251 g/mol. The Balaban J connectivity index is 1.75. The van der Waals surface area contributed by atoms with Crippen molar-refractivity contribution in [1.82, 2.24) is 10.2 Å². The molecule has 17 heavy (non-hydrogen) atoms. The van der Waals surface area contributed by atoms with E-state index >= 15 is 0 Å². The molecule has 3 rings (SSSR count). The summed E-state index contributed by atoms with van der Waals surface area (Å²) in [6.45, 7) is 1.93. The first kappa shape index (κ1) is 11.3. The van der Waals surface area contributed by atoms with Gasteiger partial charge in [0.15, 0.2) is 0 Å². The topological polar surface area (TPSA) is 58.4 Å². The van der Waals surface area contributed by atoms with Gasteiger partial charge in [0.2, 0.25) is 5.91 Å². The van der Waals surface area contributed by atoms with Crippen molar-refractivity contribution < 1.29 is 4.79 Å². The molecular formula is C12H17N3OS. The molecule has 4 nitrogen and oxygen atoms in total. The van der Waals surface area contributed by atoms with Crippen LogP contribution < -0.4 is 11.1 Å². The van der Waals surface area contributed by atoms with Crippen molar-refractivity contribution in [3.05, 3.63) is 23.8 Å². The SMILES string of the molecule is NC(=O)C1=CCC2SC3C=CCN3CNC2C1. The number of nitrogens with zero attached hydrogens (tertiary/aromatic N) is 1. The van der Waals surface area contributed by atoms with E-state index in [0.29, 0.717) is 16.7 Å². The van der Waals surface area contributed by atoms with Crippen LogP contribution >= 0.6 is 11.8 Å². The fourth-order valence-corrected chi connectivity index (χ4v) is 4.15. The summed E-state index contributed by atoms with van der Waals surface area (Å²) >= 11 is 2.00. The van der Waals surface area contributed by atoms with Gasteiger partial charge >= 0.3 is 0 Å². The maximum atomic E-state index is 11.2. The van der Waals surface area contributed by atoms with Crippen LogP contribution in [0.4, 0.5) is 0 Å². The number of hydrogen-bond acceptors (Lipinski definition) is 4. The fourth-order valence-electron chi connectivity index (χ4n) is 2.67. The number of fused-ring (bicyclic) bond motifs is 2. The lowest BCUT2D eigenvalue weighted by Gasteiger charge is -2.29. The summed E-state index contributed by atoms with van der Waals surface area (Å²) in [5.74, 6) is -0.264. The Morgan fingerprint density at radius 1 is 1.59 bits per heavy atom. The second-order valence-electron chi connectivity index (χ2n) is 4.77. The summed E-state index contributed by atoms with van der Waals surface area (Å²) in [5, 5.41) is 4.61. The minimum absolute atomic E-state index is 0.264. The number of allylic oxidation sites excluding steroid dienone is 1. The van der Waals surface area contributed by atoms with Gasteiger partial charge in [0, 0.05) is 30.1 Å². The van der Waals surface area contributed by atoms with Crippen molar-refractivity contribution in [2.24, 2.45) is 5.73 Å². The molecule has 2 heterocycles. The Labute approximate surface area is 105 Å². The molecule has 0 aromatic heterocycles. The zero-order valence-corrected chi connectivity index (χ0v) is 10.5. The van der Waals surface area contributed by atoms with Gasteiger partial charge in [0.05, 0.1) is 5.37 Å². The molecule has 3 N–H and O–H groups in total. The number of nitrogens with two attached hydrogens (primary N) is 1. The largest absolute Gasteiger partial charge is 0.366 e. The van der Waals surface area contributed by atoms with E-state index in [1.165, 1.54) is 0 Å². The predicted octanol–water partition coefficient (Wildman–Crippen LogP) is 0.421. The Morgan fingerprint density at radius 3 is 3.29 bits per heavy atom. The van der Waals surface area contributed by atoms with Crippen LogP contribution in [-0.4, -0.2) is 40.7 Å². The van der Waals surface area contributed by atoms with Crippen molar-refractivity contribution in [2.75, 3.05) is 13.2 Å². The second kappa shape index (κ2) is 4.48. The normalized spacial score (nSPS) is 36.9. The molecule has 1 saturated heterocycles. The number of carbonyl (C=O) groups is 1. The molecule has 0 saturated carbocycles. The van der Waals surface area contributed by atoms with Gasteiger partial charge < -0.3 is 5.73 Å². The minimum Gasteiger partial charge on any atom is -0.366 e. The van der Waals surface area contributed by atoms with Crippen LogP contribution in [0.5, 0.6) is 0 Å². The van der Waals surface area contributed by atoms with Crippen LogP contribution in [0, 0.1) is 0 Å². The number of primary amides is 1. The molecule has 3 unspecified atom stereocenters. The molecule has 0 spiro atoms. The maximum Gasteiger partial charge on any atom is 0.244 e. The lowest BCUT2D eigenvalue weighted by molar-refractivity contribution is -0.114. The number of carbonyl (C=O) groups excluding carboxylic acids is 1. The smallest absolute Gasteiger partial charge is 0.244 e. The summed E-state index contributed by atoms with van der Waals surface area (Å²) in [4.78, 5) is 13.6. The second-order valence-corrected chi connectivity index (χ2v) is 6.13. The molecule has 0 radical (unpaired) electrons. The minimum atomic E-state index is -0.264. The number of hydrogen-bond donors (Lipinski definition) is 2. The quantitative estimate of drug-likeness (QED) is 0.663. The van der Waals surface area contributed by atoms with Gasteiger partial charge in [-0.2, -0.15) is 0 Å². The first-order chi connectivity index (χ1) is 8.24. The van der Waals surface area contributed by atoms with E-state index in [9.17, 15) is 4.79 Å². The maximum absolute atomic E-state index is 11.2. The van der Waals surface area contributed by atoms with Crippen LogP contribution in [-0.2, 0) is 4.79 Å². The van der Waals surface area contributed by atoms with E-state index in [0.717, 1.165) is 31.6 Å². The van der Waals surface area contributed by atoms with Crippen LogP contribution in [0.3, 0.4) is 0 Å². The van der Waals surface area contributed by atoms with Gasteiger partial charge in [-0.3, -0.25) is 15.0 Å². The number of thioether (sulfide) groups is 1. The fraction of sp³-hybridized carbons (Fsp3) is 0.583.